The Bertz CT molecular complexity index is 1220. The van der Waals surface area contributed by atoms with Crippen molar-refractivity contribution in [3.63, 3.8) is 0 Å². The molecule has 3 rings (SSSR count). The number of hydrogen-bond acceptors (Lipinski definition) is 7. The van der Waals surface area contributed by atoms with Gasteiger partial charge in [-0.05, 0) is 36.4 Å². The number of nitrogens with one attached hydrogen (secondary N) is 1. The van der Waals surface area contributed by atoms with E-state index in [0.717, 1.165) is 0 Å². The van der Waals surface area contributed by atoms with Crippen molar-refractivity contribution in [2.24, 2.45) is 5.14 Å². The lowest BCUT2D eigenvalue weighted by atomic mass is 10.1. The lowest BCUT2D eigenvalue weighted by Gasteiger charge is -2.00. The summed E-state index contributed by atoms with van der Waals surface area (Å²) in [5.74, 6) is 0.821. The lowest BCUT2D eigenvalue weighted by Crippen LogP contribution is -2.11. The first-order valence-corrected chi connectivity index (χ1v) is 8.97. The average Bonchev–Trinajstić information content (AvgIpc) is 3.25. The van der Waals surface area contributed by atoms with E-state index in [-0.39, 0.29) is 27.5 Å². The van der Waals surface area contributed by atoms with Crippen molar-refractivity contribution in [3.05, 3.63) is 53.4 Å². The first kappa shape index (κ1) is 17.9. The molecule has 0 aliphatic heterocycles. The Labute approximate surface area is 154 Å². The third-order valence-electron chi connectivity index (χ3n) is 3.68. The zero-order chi connectivity index (χ0) is 19.6. The second-order valence-electron chi connectivity index (χ2n) is 5.41. The molecule has 0 aliphatic rings. The lowest BCUT2D eigenvalue weighted by molar-refractivity contribution is 0.571. The molecule has 2 aromatic heterocycles. The number of nitriles is 2. The highest BCUT2D eigenvalue weighted by Crippen LogP contribution is 2.27. The number of nitrogens with zero attached hydrogens (tertiary/aromatic N) is 3. The summed E-state index contributed by atoms with van der Waals surface area (Å²) in [6.45, 7) is 0. The summed E-state index contributed by atoms with van der Waals surface area (Å²) in [4.78, 5) is -0.00874. The minimum absolute atomic E-state index is 0.00345. The third-order valence-corrected chi connectivity index (χ3v) is 4.61. The molecule has 0 fully saturated rings. The third kappa shape index (κ3) is 3.57. The van der Waals surface area contributed by atoms with Crippen LogP contribution in [0.3, 0.4) is 0 Å². The van der Waals surface area contributed by atoms with E-state index in [4.69, 9.17) is 20.6 Å². The summed E-state index contributed by atoms with van der Waals surface area (Å²) in [6, 6.07) is 13.0. The number of benzene rings is 1. The Morgan fingerprint density at radius 1 is 1.19 bits per heavy atom. The summed E-state index contributed by atoms with van der Waals surface area (Å²) in [7, 11) is -3.77. The molecule has 0 aliphatic carbocycles. The number of furan rings is 1. The normalized spacial score (nSPS) is 11.7. The maximum absolute atomic E-state index is 11.3. The molecule has 0 saturated carbocycles. The van der Waals surface area contributed by atoms with Crippen molar-refractivity contribution in [3.8, 4) is 23.5 Å². The fraction of sp³-hybridized carbons (Fsp3) is 0. The predicted molar refractivity (Wildman–Crippen MR) is 96.7 cm³/mol. The Kier molecular flexibility index (Phi) is 4.52. The van der Waals surface area contributed by atoms with Crippen LogP contribution in [-0.4, -0.2) is 18.6 Å². The molecule has 27 heavy (non-hydrogen) atoms. The summed E-state index contributed by atoms with van der Waals surface area (Å²) in [5, 5.41) is 29.9. The molecule has 0 bridgehead atoms. The summed E-state index contributed by atoms with van der Waals surface area (Å²) >= 11 is 0. The number of allylic oxidation sites excluding steroid dienone is 1. The number of H-pyrrole nitrogens is 1. The maximum Gasteiger partial charge on any atom is 0.238 e. The molecule has 0 atom stereocenters. The Balaban J connectivity index is 1.94. The molecule has 1 aromatic carbocycles. The molecule has 2 heterocycles. The van der Waals surface area contributed by atoms with Crippen molar-refractivity contribution in [2.75, 3.05) is 5.73 Å². The first-order chi connectivity index (χ1) is 12.8. The molecule has 0 saturated heterocycles. The number of nitrogen functional groups attached to an aromatic ring is 1. The molecule has 10 heteroatoms. The van der Waals surface area contributed by atoms with Gasteiger partial charge in [-0.3, -0.25) is 5.10 Å². The van der Waals surface area contributed by atoms with Crippen LogP contribution in [0.5, 0.6) is 0 Å². The summed E-state index contributed by atoms with van der Waals surface area (Å²) in [5.41, 5.74) is 6.62. The summed E-state index contributed by atoms with van der Waals surface area (Å²) < 4.78 is 28.3. The van der Waals surface area contributed by atoms with Gasteiger partial charge in [-0.1, -0.05) is 0 Å². The van der Waals surface area contributed by atoms with Gasteiger partial charge in [0.25, 0.3) is 0 Å². The van der Waals surface area contributed by atoms with Crippen molar-refractivity contribution < 1.29 is 12.8 Å². The smallest absolute Gasteiger partial charge is 0.238 e. The number of sulfonamides is 1. The second-order valence-corrected chi connectivity index (χ2v) is 6.97. The van der Waals surface area contributed by atoms with Gasteiger partial charge in [0.05, 0.1) is 16.2 Å². The van der Waals surface area contributed by atoms with E-state index in [1.54, 1.807) is 24.3 Å². The van der Waals surface area contributed by atoms with Gasteiger partial charge in [0.15, 0.2) is 5.82 Å². The van der Waals surface area contributed by atoms with Gasteiger partial charge in [-0.2, -0.15) is 15.6 Å². The average molecular weight is 380 g/mol. The predicted octanol–water partition coefficient (Wildman–Crippen LogP) is 1.84. The van der Waals surface area contributed by atoms with Gasteiger partial charge in [0.2, 0.25) is 10.0 Å². The van der Waals surface area contributed by atoms with Gasteiger partial charge in [0.1, 0.15) is 29.2 Å². The highest BCUT2D eigenvalue weighted by molar-refractivity contribution is 7.89. The van der Waals surface area contributed by atoms with E-state index in [2.05, 4.69) is 10.2 Å². The highest BCUT2D eigenvalue weighted by Gasteiger charge is 2.15. The fourth-order valence-electron chi connectivity index (χ4n) is 2.36. The van der Waals surface area contributed by atoms with Crippen molar-refractivity contribution in [1.82, 2.24) is 10.2 Å². The van der Waals surface area contributed by atoms with Crippen LogP contribution < -0.4 is 10.9 Å². The minimum Gasteiger partial charge on any atom is -0.457 e. The second kappa shape index (κ2) is 6.80. The molecule has 0 unspecified atom stereocenters. The van der Waals surface area contributed by atoms with Crippen molar-refractivity contribution >= 4 is 27.5 Å². The molecule has 0 spiro atoms. The fourth-order valence-corrected chi connectivity index (χ4v) is 2.88. The van der Waals surface area contributed by atoms with Gasteiger partial charge < -0.3 is 10.2 Å². The minimum atomic E-state index is -3.77. The molecule has 134 valence electrons. The van der Waals surface area contributed by atoms with E-state index in [9.17, 15) is 13.7 Å². The van der Waals surface area contributed by atoms with Gasteiger partial charge >= 0.3 is 0 Å². The van der Waals surface area contributed by atoms with Gasteiger partial charge in [-0.25, -0.2) is 13.6 Å². The van der Waals surface area contributed by atoms with Gasteiger partial charge in [0, 0.05) is 11.6 Å². The SMILES string of the molecule is N#C/C(=C/c1ccc(-c2ccc(S(N)(=O)=O)cc2)o1)c1[nH]nc(N)c1C#N. The quantitative estimate of drug-likeness (QED) is 0.578. The molecule has 3 aromatic rings. The van der Waals surface area contributed by atoms with Crippen LogP contribution in [0.15, 0.2) is 45.7 Å². The number of aromatic amines is 1. The van der Waals surface area contributed by atoms with E-state index < -0.39 is 10.0 Å². The van der Waals surface area contributed by atoms with Crippen LogP contribution in [-0.2, 0) is 10.0 Å². The standard InChI is InChI=1S/C17H12N6O3S/c18-8-11(16-14(9-19)17(20)23-22-16)7-12-3-6-15(26-12)10-1-4-13(5-2-10)27(21,24)25/h1-7H,(H3,20,22,23)(H2,21,24,25)/b11-7-. The highest BCUT2D eigenvalue weighted by atomic mass is 32.2. The monoisotopic (exact) mass is 380 g/mol. The number of hydrogen-bond donors (Lipinski definition) is 3. The molecular weight excluding hydrogens is 368 g/mol. The zero-order valence-electron chi connectivity index (χ0n) is 13.7. The number of anilines is 1. The van der Waals surface area contributed by atoms with Crippen molar-refractivity contribution in [2.45, 2.75) is 4.90 Å². The van der Waals surface area contributed by atoms with Crippen LogP contribution in [0.4, 0.5) is 5.82 Å². The van der Waals surface area contributed by atoms with Crippen LogP contribution >= 0.6 is 0 Å². The largest absolute Gasteiger partial charge is 0.457 e. The van der Waals surface area contributed by atoms with Crippen LogP contribution in [0.25, 0.3) is 23.0 Å². The Morgan fingerprint density at radius 3 is 2.48 bits per heavy atom. The van der Waals surface area contributed by atoms with Crippen LogP contribution in [0.2, 0.25) is 0 Å². The van der Waals surface area contributed by atoms with Gasteiger partial charge in [-0.15, -0.1) is 0 Å². The molecule has 9 nitrogen and oxygen atoms in total. The summed E-state index contributed by atoms with van der Waals surface area (Å²) in [6.07, 6.45) is 1.44. The number of primary sulfonamides is 1. The Morgan fingerprint density at radius 2 is 1.89 bits per heavy atom. The first-order valence-electron chi connectivity index (χ1n) is 7.42. The van der Waals surface area contributed by atoms with Crippen LogP contribution in [0.1, 0.15) is 17.0 Å². The molecule has 5 N–H and O–H groups in total. The van der Waals surface area contributed by atoms with E-state index in [1.807, 2.05) is 12.1 Å². The molecule has 0 radical (unpaired) electrons. The number of rotatable bonds is 4. The maximum atomic E-state index is 11.3. The molecular formula is C17H12N6O3S. The number of nitrogens with two attached hydrogens (primary N) is 2. The van der Waals surface area contributed by atoms with Crippen molar-refractivity contribution in [1.29, 1.82) is 10.5 Å². The Hall–Kier alpha value is -3.86. The topological polar surface area (TPSA) is 176 Å². The van der Waals surface area contributed by atoms with E-state index in [1.165, 1.54) is 18.2 Å². The number of aromatic nitrogens is 2. The molecule has 0 amide bonds. The van der Waals surface area contributed by atoms with E-state index in [0.29, 0.717) is 17.1 Å². The van der Waals surface area contributed by atoms with E-state index >= 15 is 0 Å². The van der Waals surface area contributed by atoms with Crippen LogP contribution in [0, 0.1) is 22.7 Å². The zero-order valence-corrected chi connectivity index (χ0v) is 14.5.